The Labute approximate surface area is 88.5 Å². The number of hydrogen-bond acceptors (Lipinski definition) is 3. The van der Waals surface area contributed by atoms with E-state index < -0.39 is 0 Å². The van der Waals surface area contributed by atoms with Crippen LogP contribution in [-0.2, 0) is 11.4 Å². The maximum Gasteiger partial charge on any atom is 0.241 e. The highest BCUT2D eigenvalue weighted by molar-refractivity contribution is 5.93. The molecule has 4 heteroatoms. The van der Waals surface area contributed by atoms with Gasteiger partial charge in [-0.2, -0.15) is 0 Å². The van der Waals surface area contributed by atoms with Gasteiger partial charge >= 0.3 is 0 Å². The van der Waals surface area contributed by atoms with Crippen molar-refractivity contribution in [2.24, 2.45) is 0 Å². The SMILES string of the molecule is O=C1CCCNN1c1ccccc1CO. The summed E-state index contributed by atoms with van der Waals surface area (Å²) in [7, 11) is 0. The summed E-state index contributed by atoms with van der Waals surface area (Å²) >= 11 is 0. The first-order valence-electron chi connectivity index (χ1n) is 5.08. The number of nitrogens with one attached hydrogen (secondary N) is 1. The summed E-state index contributed by atoms with van der Waals surface area (Å²) in [5.41, 5.74) is 4.55. The van der Waals surface area contributed by atoms with Crippen LogP contribution < -0.4 is 10.4 Å². The first-order valence-corrected chi connectivity index (χ1v) is 5.08. The lowest BCUT2D eigenvalue weighted by Gasteiger charge is -2.28. The lowest BCUT2D eigenvalue weighted by atomic mass is 10.1. The third kappa shape index (κ3) is 2.00. The van der Waals surface area contributed by atoms with Crippen LogP contribution in [0.1, 0.15) is 18.4 Å². The maximum atomic E-state index is 11.6. The van der Waals surface area contributed by atoms with Crippen LogP contribution in [0.5, 0.6) is 0 Å². The molecule has 1 heterocycles. The number of para-hydroxylation sites is 1. The number of carbonyl (C=O) groups excluding carboxylic acids is 1. The number of nitrogens with zero attached hydrogens (tertiary/aromatic N) is 1. The smallest absolute Gasteiger partial charge is 0.241 e. The summed E-state index contributed by atoms with van der Waals surface area (Å²) in [5.74, 6) is 0.0575. The molecule has 2 N–H and O–H groups in total. The van der Waals surface area contributed by atoms with E-state index in [2.05, 4.69) is 5.43 Å². The van der Waals surface area contributed by atoms with Crippen LogP contribution in [-0.4, -0.2) is 17.6 Å². The molecule has 2 rings (SSSR count). The van der Waals surface area contributed by atoms with Gasteiger partial charge in [0, 0.05) is 18.5 Å². The van der Waals surface area contributed by atoms with Gasteiger partial charge in [-0.15, -0.1) is 0 Å². The molecule has 1 aromatic carbocycles. The Morgan fingerprint density at radius 1 is 1.40 bits per heavy atom. The molecule has 1 saturated heterocycles. The minimum atomic E-state index is -0.0539. The van der Waals surface area contributed by atoms with Gasteiger partial charge < -0.3 is 5.11 Å². The van der Waals surface area contributed by atoms with Crippen LogP contribution in [0.3, 0.4) is 0 Å². The second kappa shape index (κ2) is 4.42. The van der Waals surface area contributed by atoms with E-state index in [9.17, 15) is 4.79 Å². The Hall–Kier alpha value is -1.39. The Balaban J connectivity index is 2.30. The van der Waals surface area contributed by atoms with Crippen LogP contribution in [0.4, 0.5) is 5.69 Å². The second-order valence-electron chi connectivity index (χ2n) is 3.53. The molecule has 0 aromatic heterocycles. The van der Waals surface area contributed by atoms with Gasteiger partial charge in [-0.05, 0) is 12.5 Å². The van der Waals surface area contributed by atoms with Crippen LogP contribution in [0, 0.1) is 0 Å². The van der Waals surface area contributed by atoms with Gasteiger partial charge in [-0.3, -0.25) is 4.79 Å². The summed E-state index contributed by atoms with van der Waals surface area (Å²) in [6.45, 7) is 0.743. The Kier molecular flexibility index (Phi) is 2.99. The van der Waals surface area contributed by atoms with E-state index in [-0.39, 0.29) is 12.5 Å². The van der Waals surface area contributed by atoms with Crippen molar-refractivity contribution in [2.75, 3.05) is 11.6 Å². The fourth-order valence-corrected chi connectivity index (χ4v) is 1.71. The number of aliphatic hydroxyl groups is 1. The maximum absolute atomic E-state index is 11.6. The highest BCUT2D eigenvalue weighted by Gasteiger charge is 2.20. The molecule has 1 fully saturated rings. The number of amides is 1. The summed E-state index contributed by atoms with van der Waals surface area (Å²) in [4.78, 5) is 11.6. The molecule has 80 valence electrons. The molecule has 0 bridgehead atoms. The highest BCUT2D eigenvalue weighted by Crippen LogP contribution is 2.21. The molecule has 1 aliphatic rings. The fourth-order valence-electron chi connectivity index (χ4n) is 1.71. The lowest BCUT2D eigenvalue weighted by molar-refractivity contribution is -0.120. The molecule has 0 unspecified atom stereocenters. The normalized spacial score (nSPS) is 16.9. The van der Waals surface area contributed by atoms with Crippen molar-refractivity contribution in [2.45, 2.75) is 19.4 Å². The van der Waals surface area contributed by atoms with Crippen molar-refractivity contribution in [1.29, 1.82) is 0 Å². The molecular formula is C11H14N2O2. The van der Waals surface area contributed by atoms with E-state index in [0.717, 1.165) is 24.2 Å². The predicted molar refractivity (Wildman–Crippen MR) is 57.1 cm³/mol. The summed E-state index contributed by atoms with van der Waals surface area (Å²) in [6, 6.07) is 7.36. The zero-order valence-corrected chi connectivity index (χ0v) is 8.44. The summed E-state index contributed by atoms with van der Waals surface area (Å²) < 4.78 is 0. The molecule has 0 radical (unpaired) electrons. The molecule has 0 atom stereocenters. The third-order valence-electron chi connectivity index (χ3n) is 2.49. The van der Waals surface area contributed by atoms with Crippen molar-refractivity contribution in [3.8, 4) is 0 Å². The topological polar surface area (TPSA) is 52.6 Å². The number of rotatable bonds is 2. The number of carbonyl (C=O) groups is 1. The molecule has 15 heavy (non-hydrogen) atoms. The van der Waals surface area contributed by atoms with Gasteiger partial charge in [-0.1, -0.05) is 18.2 Å². The van der Waals surface area contributed by atoms with E-state index in [1.807, 2.05) is 24.3 Å². The molecule has 0 aliphatic carbocycles. The molecule has 1 aromatic rings. The van der Waals surface area contributed by atoms with Gasteiger partial charge in [0.25, 0.3) is 0 Å². The number of anilines is 1. The molecule has 4 nitrogen and oxygen atoms in total. The Morgan fingerprint density at radius 3 is 2.93 bits per heavy atom. The van der Waals surface area contributed by atoms with Gasteiger partial charge in [0.15, 0.2) is 0 Å². The van der Waals surface area contributed by atoms with E-state index in [0.29, 0.717) is 6.42 Å². The minimum Gasteiger partial charge on any atom is -0.392 e. The Bertz CT molecular complexity index is 365. The fraction of sp³-hybridized carbons (Fsp3) is 0.364. The minimum absolute atomic E-state index is 0.0539. The number of hydrazine groups is 1. The monoisotopic (exact) mass is 206 g/mol. The van der Waals surface area contributed by atoms with Crippen molar-refractivity contribution in [3.05, 3.63) is 29.8 Å². The molecule has 0 saturated carbocycles. The molecule has 1 aliphatic heterocycles. The number of aliphatic hydroxyl groups excluding tert-OH is 1. The first-order chi connectivity index (χ1) is 7.33. The summed E-state index contributed by atoms with van der Waals surface area (Å²) in [5, 5.41) is 10.7. The zero-order valence-electron chi connectivity index (χ0n) is 8.44. The molecule has 0 spiro atoms. The standard InChI is InChI=1S/C11H14N2O2/c14-8-9-4-1-2-5-10(9)13-11(15)6-3-7-12-13/h1-2,4-5,12,14H,3,6-8H2. The largest absolute Gasteiger partial charge is 0.392 e. The van der Waals surface area contributed by atoms with E-state index in [4.69, 9.17) is 5.11 Å². The van der Waals surface area contributed by atoms with E-state index in [1.165, 1.54) is 5.01 Å². The number of benzene rings is 1. The summed E-state index contributed by atoms with van der Waals surface area (Å²) in [6.07, 6.45) is 1.43. The van der Waals surface area contributed by atoms with Crippen molar-refractivity contribution >= 4 is 11.6 Å². The van der Waals surface area contributed by atoms with Crippen molar-refractivity contribution < 1.29 is 9.90 Å². The van der Waals surface area contributed by atoms with Gasteiger partial charge in [0.1, 0.15) is 0 Å². The van der Waals surface area contributed by atoms with Gasteiger partial charge in [0.05, 0.1) is 12.3 Å². The van der Waals surface area contributed by atoms with Crippen LogP contribution in [0.25, 0.3) is 0 Å². The number of hydrogen-bond donors (Lipinski definition) is 2. The van der Waals surface area contributed by atoms with E-state index >= 15 is 0 Å². The highest BCUT2D eigenvalue weighted by atomic mass is 16.3. The van der Waals surface area contributed by atoms with Crippen LogP contribution in [0.2, 0.25) is 0 Å². The van der Waals surface area contributed by atoms with Crippen molar-refractivity contribution in [1.82, 2.24) is 5.43 Å². The van der Waals surface area contributed by atoms with Crippen LogP contribution in [0.15, 0.2) is 24.3 Å². The zero-order chi connectivity index (χ0) is 10.7. The average molecular weight is 206 g/mol. The molecule has 1 amide bonds. The molecular weight excluding hydrogens is 192 g/mol. The quantitative estimate of drug-likeness (QED) is 0.753. The Morgan fingerprint density at radius 2 is 2.20 bits per heavy atom. The van der Waals surface area contributed by atoms with Crippen molar-refractivity contribution in [3.63, 3.8) is 0 Å². The predicted octanol–water partition coefficient (Wildman–Crippen LogP) is 0.810. The average Bonchev–Trinajstić information content (AvgIpc) is 2.30. The third-order valence-corrected chi connectivity index (χ3v) is 2.49. The first kappa shape index (κ1) is 10.1. The van der Waals surface area contributed by atoms with Gasteiger partial charge in [0.2, 0.25) is 5.91 Å². The van der Waals surface area contributed by atoms with Gasteiger partial charge in [-0.25, -0.2) is 10.4 Å². The second-order valence-corrected chi connectivity index (χ2v) is 3.53. The van der Waals surface area contributed by atoms with E-state index in [1.54, 1.807) is 0 Å². The van der Waals surface area contributed by atoms with Crippen LogP contribution >= 0.6 is 0 Å². The lowest BCUT2D eigenvalue weighted by Crippen LogP contribution is -2.47.